The molecule has 0 aliphatic rings. The van der Waals surface area contributed by atoms with Crippen LogP contribution in [0.1, 0.15) is 12.0 Å². The molecule has 100 valence electrons. The van der Waals surface area contributed by atoms with Gasteiger partial charge < -0.3 is 19.9 Å². The van der Waals surface area contributed by atoms with Crippen LogP contribution in [0.5, 0.6) is 5.88 Å². The van der Waals surface area contributed by atoms with Crippen LogP contribution in [-0.2, 0) is 9.47 Å². The Morgan fingerprint density at radius 1 is 1.28 bits per heavy atom. The first kappa shape index (κ1) is 14.4. The molecule has 0 saturated heterocycles. The molecule has 0 aliphatic carbocycles. The van der Waals surface area contributed by atoms with Crippen LogP contribution < -0.4 is 10.5 Å². The quantitative estimate of drug-likeness (QED) is 0.386. The summed E-state index contributed by atoms with van der Waals surface area (Å²) in [4.78, 5) is 4.04. The third-order valence-corrected chi connectivity index (χ3v) is 2.16. The lowest BCUT2D eigenvalue weighted by Crippen LogP contribution is -2.11. The van der Waals surface area contributed by atoms with E-state index in [1.54, 1.807) is 19.2 Å². The standard InChI is InChI=1S/C12H19N3O3/c1-16-7-8-17-5-2-6-18-11-4-3-10(9-15-11)12(13)14/h3-4,9H,2,5-8H2,1H3,(H3,13,14). The van der Waals surface area contributed by atoms with Gasteiger partial charge in [0.25, 0.3) is 0 Å². The fourth-order valence-corrected chi connectivity index (χ4v) is 1.21. The van der Waals surface area contributed by atoms with E-state index in [4.69, 9.17) is 25.4 Å². The van der Waals surface area contributed by atoms with Crippen molar-refractivity contribution in [2.24, 2.45) is 5.73 Å². The smallest absolute Gasteiger partial charge is 0.213 e. The number of aromatic nitrogens is 1. The van der Waals surface area contributed by atoms with Crippen molar-refractivity contribution < 1.29 is 14.2 Å². The van der Waals surface area contributed by atoms with E-state index in [0.717, 1.165) is 6.42 Å². The molecular formula is C12H19N3O3. The summed E-state index contributed by atoms with van der Waals surface area (Å²) in [5.74, 6) is 0.525. The zero-order chi connectivity index (χ0) is 13.2. The number of amidine groups is 1. The van der Waals surface area contributed by atoms with E-state index < -0.39 is 0 Å². The van der Waals surface area contributed by atoms with Gasteiger partial charge in [-0.25, -0.2) is 4.98 Å². The minimum Gasteiger partial charge on any atom is -0.478 e. The molecule has 6 nitrogen and oxygen atoms in total. The van der Waals surface area contributed by atoms with E-state index >= 15 is 0 Å². The molecule has 6 heteroatoms. The summed E-state index contributed by atoms with van der Waals surface area (Å²) in [6.45, 7) is 2.38. The molecule has 0 amide bonds. The number of hydrogen-bond acceptors (Lipinski definition) is 5. The van der Waals surface area contributed by atoms with Gasteiger partial charge in [0.05, 0.1) is 19.8 Å². The van der Waals surface area contributed by atoms with Crippen LogP contribution in [0.4, 0.5) is 0 Å². The van der Waals surface area contributed by atoms with Crippen LogP contribution in [0.25, 0.3) is 0 Å². The van der Waals surface area contributed by atoms with Gasteiger partial charge in [-0.15, -0.1) is 0 Å². The second kappa shape index (κ2) is 8.43. The van der Waals surface area contributed by atoms with E-state index in [9.17, 15) is 0 Å². The molecule has 0 fully saturated rings. The van der Waals surface area contributed by atoms with Crippen molar-refractivity contribution >= 4 is 5.84 Å². The predicted octanol–water partition coefficient (Wildman–Crippen LogP) is 0.798. The fourth-order valence-electron chi connectivity index (χ4n) is 1.21. The number of nitrogens with one attached hydrogen (secondary N) is 1. The highest BCUT2D eigenvalue weighted by Crippen LogP contribution is 2.07. The third kappa shape index (κ3) is 5.60. The molecule has 0 bridgehead atoms. The molecular weight excluding hydrogens is 234 g/mol. The number of pyridine rings is 1. The minimum absolute atomic E-state index is 0.000549. The number of methoxy groups -OCH3 is 1. The van der Waals surface area contributed by atoms with E-state index in [1.165, 1.54) is 6.20 Å². The maximum absolute atomic E-state index is 7.22. The van der Waals surface area contributed by atoms with Crippen LogP contribution in [0.2, 0.25) is 0 Å². The Morgan fingerprint density at radius 3 is 2.72 bits per heavy atom. The van der Waals surface area contributed by atoms with Crippen molar-refractivity contribution in [3.05, 3.63) is 23.9 Å². The number of hydrogen-bond donors (Lipinski definition) is 2. The topological polar surface area (TPSA) is 90.5 Å². The van der Waals surface area contributed by atoms with Crippen LogP contribution in [0.15, 0.2) is 18.3 Å². The number of nitrogens with zero attached hydrogens (tertiary/aromatic N) is 1. The largest absolute Gasteiger partial charge is 0.478 e. The lowest BCUT2D eigenvalue weighted by atomic mass is 10.3. The van der Waals surface area contributed by atoms with Crippen molar-refractivity contribution in [2.75, 3.05) is 33.5 Å². The Balaban J connectivity index is 2.14. The van der Waals surface area contributed by atoms with Crippen molar-refractivity contribution in [3.8, 4) is 5.88 Å². The normalized spacial score (nSPS) is 10.3. The molecule has 0 unspecified atom stereocenters. The molecule has 1 aromatic heterocycles. The van der Waals surface area contributed by atoms with Gasteiger partial charge in [-0.3, -0.25) is 5.41 Å². The highest BCUT2D eigenvalue weighted by molar-refractivity contribution is 5.94. The molecule has 1 rings (SSSR count). The molecule has 0 atom stereocenters. The summed E-state index contributed by atoms with van der Waals surface area (Å²) in [5, 5.41) is 7.22. The van der Waals surface area contributed by atoms with Gasteiger partial charge in [0.15, 0.2) is 0 Å². The zero-order valence-corrected chi connectivity index (χ0v) is 10.5. The Bertz CT molecular complexity index is 354. The lowest BCUT2D eigenvalue weighted by molar-refractivity contribution is 0.0642. The molecule has 18 heavy (non-hydrogen) atoms. The summed E-state index contributed by atoms with van der Waals surface area (Å²) in [7, 11) is 1.64. The maximum atomic E-state index is 7.22. The summed E-state index contributed by atoms with van der Waals surface area (Å²) in [6.07, 6.45) is 2.31. The average Bonchev–Trinajstić information content (AvgIpc) is 2.38. The average molecular weight is 253 g/mol. The van der Waals surface area contributed by atoms with Gasteiger partial charge in [-0.2, -0.15) is 0 Å². The van der Waals surface area contributed by atoms with Crippen molar-refractivity contribution in [3.63, 3.8) is 0 Å². The molecule has 1 aromatic rings. The molecule has 0 spiro atoms. The summed E-state index contributed by atoms with van der Waals surface area (Å²) >= 11 is 0. The third-order valence-electron chi connectivity index (χ3n) is 2.16. The molecule has 1 heterocycles. The van der Waals surface area contributed by atoms with Gasteiger partial charge in [0, 0.05) is 38.0 Å². The first-order chi connectivity index (χ1) is 8.74. The Hall–Kier alpha value is -1.66. The molecule has 0 aliphatic heterocycles. The fraction of sp³-hybridized carbons (Fsp3) is 0.500. The second-order valence-electron chi connectivity index (χ2n) is 3.61. The first-order valence-corrected chi connectivity index (χ1v) is 5.74. The van der Waals surface area contributed by atoms with Gasteiger partial charge in [0.1, 0.15) is 5.84 Å². The molecule has 0 saturated carbocycles. The van der Waals surface area contributed by atoms with Gasteiger partial charge in [0.2, 0.25) is 5.88 Å². The Kier molecular flexibility index (Phi) is 6.75. The number of nitrogen functional groups attached to an aromatic ring is 1. The summed E-state index contributed by atoms with van der Waals surface area (Å²) in [5.41, 5.74) is 5.91. The first-order valence-electron chi connectivity index (χ1n) is 5.74. The number of nitrogens with two attached hydrogens (primary N) is 1. The highest BCUT2D eigenvalue weighted by Gasteiger charge is 1.99. The highest BCUT2D eigenvalue weighted by atomic mass is 16.5. The monoisotopic (exact) mass is 253 g/mol. The Labute approximate surface area is 107 Å². The lowest BCUT2D eigenvalue weighted by Gasteiger charge is -2.06. The zero-order valence-electron chi connectivity index (χ0n) is 10.5. The van der Waals surface area contributed by atoms with Crippen LogP contribution in [0, 0.1) is 5.41 Å². The van der Waals surface area contributed by atoms with Crippen LogP contribution >= 0.6 is 0 Å². The summed E-state index contributed by atoms with van der Waals surface area (Å²) in [6, 6.07) is 3.41. The van der Waals surface area contributed by atoms with E-state index in [0.29, 0.717) is 37.9 Å². The number of rotatable bonds is 9. The maximum Gasteiger partial charge on any atom is 0.213 e. The minimum atomic E-state index is 0.000549. The molecule has 0 radical (unpaired) electrons. The predicted molar refractivity (Wildman–Crippen MR) is 68.1 cm³/mol. The van der Waals surface area contributed by atoms with Crippen LogP contribution in [-0.4, -0.2) is 44.4 Å². The van der Waals surface area contributed by atoms with Gasteiger partial charge in [-0.1, -0.05) is 0 Å². The Morgan fingerprint density at radius 2 is 2.11 bits per heavy atom. The van der Waals surface area contributed by atoms with Crippen molar-refractivity contribution in [1.29, 1.82) is 5.41 Å². The van der Waals surface area contributed by atoms with Crippen molar-refractivity contribution in [2.45, 2.75) is 6.42 Å². The van der Waals surface area contributed by atoms with E-state index in [-0.39, 0.29) is 5.84 Å². The van der Waals surface area contributed by atoms with Crippen molar-refractivity contribution in [1.82, 2.24) is 4.98 Å². The second-order valence-corrected chi connectivity index (χ2v) is 3.61. The van der Waals surface area contributed by atoms with Gasteiger partial charge in [-0.05, 0) is 6.07 Å². The molecule has 3 N–H and O–H groups in total. The number of ether oxygens (including phenoxy) is 3. The van der Waals surface area contributed by atoms with Gasteiger partial charge >= 0.3 is 0 Å². The van der Waals surface area contributed by atoms with Crippen LogP contribution in [0.3, 0.4) is 0 Å². The SMILES string of the molecule is COCCOCCCOc1ccc(C(=N)N)cn1. The summed E-state index contributed by atoms with van der Waals surface area (Å²) < 4.78 is 15.6. The van der Waals surface area contributed by atoms with E-state index in [1.807, 2.05) is 0 Å². The molecule has 0 aromatic carbocycles. The van der Waals surface area contributed by atoms with E-state index in [2.05, 4.69) is 4.98 Å².